The molecule has 2 aliphatic heterocycles. The van der Waals surface area contributed by atoms with Gasteiger partial charge >= 0.3 is 0 Å². The van der Waals surface area contributed by atoms with Crippen molar-refractivity contribution in [1.82, 2.24) is 4.90 Å². The SMILES string of the molecule is CN(C)CN=C1N=C(Cl)C2=NC=NC2=N1. The lowest BCUT2D eigenvalue weighted by molar-refractivity contribution is 0.424. The Kier molecular flexibility index (Phi) is 2.70. The van der Waals surface area contributed by atoms with Crippen molar-refractivity contribution in [1.29, 1.82) is 0 Å². The number of hydrogen-bond acceptors (Lipinski definition) is 4. The number of halogens is 1. The van der Waals surface area contributed by atoms with Crippen LogP contribution in [0.25, 0.3) is 0 Å². The molecule has 0 aliphatic carbocycles. The van der Waals surface area contributed by atoms with Gasteiger partial charge in [0.1, 0.15) is 12.1 Å². The zero-order chi connectivity index (χ0) is 10.8. The van der Waals surface area contributed by atoms with Crippen molar-refractivity contribution in [3.63, 3.8) is 0 Å². The Labute approximate surface area is 91.8 Å². The Balaban J connectivity index is 2.24. The fourth-order valence-corrected chi connectivity index (χ4v) is 1.23. The zero-order valence-corrected chi connectivity index (χ0v) is 9.10. The van der Waals surface area contributed by atoms with E-state index in [1.165, 1.54) is 6.34 Å². The van der Waals surface area contributed by atoms with Gasteiger partial charge in [-0.25, -0.2) is 15.0 Å². The molecule has 0 aromatic rings. The van der Waals surface area contributed by atoms with Crippen LogP contribution < -0.4 is 0 Å². The third kappa shape index (κ3) is 2.16. The summed E-state index contributed by atoms with van der Waals surface area (Å²) in [5, 5.41) is 0.287. The van der Waals surface area contributed by atoms with E-state index in [4.69, 9.17) is 11.6 Å². The van der Waals surface area contributed by atoms with Crippen molar-refractivity contribution < 1.29 is 0 Å². The van der Waals surface area contributed by atoms with Crippen LogP contribution in [-0.4, -0.2) is 54.7 Å². The van der Waals surface area contributed by atoms with Gasteiger partial charge in [0.15, 0.2) is 11.0 Å². The summed E-state index contributed by atoms with van der Waals surface area (Å²) in [6.07, 6.45) is 1.40. The van der Waals surface area contributed by atoms with Gasteiger partial charge in [0, 0.05) is 0 Å². The minimum Gasteiger partial charge on any atom is -0.291 e. The number of aliphatic imine (C=N–C) groups is 5. The summed E-state index contributed by atoms with van der Waals surface area (Å²) in [4.78, 5) is 22.0. The van der Waals surface area contributed by atoms with Crippen molar-refractivity contribution in [2.24, 2.45) is 25.0 Å². The third-order valence-electron chi connectivity index (χ3n) is 1.67. The molecule has 78 valence electrons. The number of rotatable bonds is 2. The summed E-state index contributed by atoms with van der Waals surface area (Å²) in [7, 11) is 3.82. The number of nitrogens with zero attached hydrogens (tertiary/aromatic N) is 6. The molecule has 0 saturated carbocycles. The molecule has 2 aliphatic rings. The second kappa shape index (κ2) is 4.00. The molecule has 0 saturated heterocycles. The highest BCUT2D eigenvalue weighted by molar-refractivity contribution is 6.95. The Bertz CT molecular complexity index is 428. The summed E-state index contributed by atoms with van der Waals surface area (Å²) < 4.78 is 0. The molecule has 0 unspecified atom stereocenters. The molecule has 0 atom stereocenters. The minimum absolute atomic E-state index is 0.287. The van der Waals surface area contributed by atoms with Crippen LogP contribution in [0.3, 0.4) is 0 Å². The molecule has 0 spiro atoms. The molecule has 0 aromatic carbocycles. The van der Waals surface area contributed by atoms with E-state index in [0.29, 0.717) is 24.2 Å². The fourth-order valence-electron chi connectivity index (χ4n) is 1.02. The number of fused-ring (bicyclic) bond motifs is 1. The monoisotopic (exact) mass is 224 g/mol. The van der Waals surface area contributed by atoms with E-state index in [-0.39, 0.29) is 5.17 Å². The highest BCUT2D eigenvalue weighted by atomic mass is 35.5. The maximum atomic E-state index is 5.89. The van der Waals surface area contributed by atoms with Crippen LogP contribution in [0, 0.1) is 0 Å². The van der Waals surface area contributed by atoms with Gasteiger partial charge in [0.2, 0.25) is 5.96 Å². The first-order valence-electron chi connectivity index (χ1n) is 4.30. The lowest BCUT2D eigenvalue weighted by Crippen LogP contribution is -2.23. The van der Waals surface area contributed by atoms with E-state index in [2.05, 4.69) is 25.0 Å². The van der Waals surface area contributed by atoms with Crippen LogP contribution in [0.4, 0.5) is 0 Å². The second-order valence-electron chi connectivity index (χ2n) is 3.24. The van der Waals surface area contributed by atoms with Crippen LogP contribution in [0.2, 0.25) is 0 Å². The number of hydrogen-bond donors (Lipinski definition) is 0. The van der Waals surface area contributed by atoms with Gasteiger partial charge in [-0.1, -0.05) is 11.6 Å². The number of amidine groups is 1. The molecular weight excluding hydrogens is 216 g/mol. The Morgan fingerprint density at radius 3 is 2.93 bits per heavy atom. The normalized spacial score (nSPS) is 21.6. The van der Waals surface area contributed by atoms with Crippen molar-refractivity contribution in [3.05, 3.63) is 0 Å². The van der Waals surface area contributed by atoms with Gasteiger partial charge in [0.25, 0.3) is 0 Å². The molecule has 15 heavy (non-hydrogen) atoms. The molecule has 0 aromatic heterocycles. The average Bonchev–Trinajstić information content (AvgIpc) is 2.63. The predicted octanol–water partition coefficient (Wildman–Crippen LogP) is 0.394. The van der Waals surface area contributed by atoms with Gasteiger partial charge in [0.05, 0.1) is 6.67 Å². The van der Waals surface area contributed by atoms with Crippen LogP contribution in [0.1, 0.15) is 0 Å². The quantitative estimate of drug-likeness (QED) is 0.669. The van der Waals surface area contributed by atoms with Gasteiger partial charge in [-0.3, -0.25) is 4.90 Å². The summed E-state index contributed by atoms with van der Waals surface area (Å²) >= 11 is 5.89. The maximum Gasteiger partial charge on any atom is 0.249 e. The van der Waals surface area contributed by atoms with Gasteiger partial charge in [-0.15, -0.1) is 0 Å². The molecular formula is C8H9ClN6. The average molecular weight is 225 g/mol. The molecule has 2 heterocycles. The maximum absolute atomic E-state index is 5.89. The van der Waals surface area contributed by atoms with E-state index in [1.54, 1.807) is 0 Å². The molecule has 0 amide bonds. The summed E-state index contributed by atoms with van der Waals surface area (Å²) in [6, 6.07) is 0. The molecule has 6 nitrogen and oxygen atoms in total. The first-order valence-corrected chi connectivity index (χ1v) is 4.68. The highest BCUT2D eigenvalue weighted by Crippen LogP contribution is 2.08. The van der Waals surface area contributed by atoms with Crippen molar-refractivity contribution in [2.75, 3.05) is 20.8 Å². The van der Waals surface area contributed by atoms with E-state index >= 15 is 0 Å². The van der Waals surface area contributed by atoms with Gasteiger partial charge in [-0.2, -0.15) is 9.98 Å². The third-order valence-corrected chi connectivity index (χ3v) is 1.94. The Hall–Kier alpha value is -1.40. The lowest BCUT2D eigenvalue weighted by atomic mass is 10.3. The smallest absolute Gasteiger partial charge is 0.249 e. The molecule has 2 rings (SSSR count). The fraction of sp³-hybridized carbons (Fsp3) is 0.375. The van der Waals surface area contributed by atoms with Gasteiger partial charge in [-0.05, 0) is 14.1 Å². The van der Waals surface area contributed by atoms with Crippen LogP contribution in [0.15, 0.2) is 25.0 Å². The molecule has 0 radical (unpaired) electrons. The first kappa shape index (κ1) is 10.1. The van der Waals surface area contributed by atoms with Gasteiger partial charge < -0.3 is 0 Å². The lowest BCUT2D eigenvalue weighted by Gasteiger charge is -2.08. The minimum atomic E-state index is 0.287. The molecule has 7 heteroatoms. The standard InChI is InChI=1S/C8H9ClN6/c1-15(2)4-12-8-13-6(9)5-7(14-8)11-3-10-5/h3H,4H2,1-2H3. The summed E-state index contributed by atoms with van der Waals surface area (Å²) in [5.41, 5.74) is 0.514. The Morgan fingerprint density at radius 1 is 1.40 bits per heavy atom. The van der Waals surface area contributed by atoms with E-state index < -0.39 is 0 Å². The van der Waals surface area contributed by atoms with E-state index in [9.17, 15) is 0 Å². The molecule has 0 fully saturated rings. The van der Waals surface area contributed by atoms with Crippen molar-refractivity contribution in [3.8, 4) is 0 Å². The largest absolute Gasteiger partial charge is 0.291 e. The second-order valence-corrected chi connectivity index (χ2v) is 3.60. The molecule has 0 N–H and O–H groups in total. The predicted molar refractivity (Wildman–Crippen MR) is 62.6 cm³/mol. The first-order chi connectivity index (χ1) is 7.16. The highest BCUT2D eigenvalue weighted by Gasteiger charge is 2.22. The van der Waals surface area contributed by atoms with Crippen molar-refractivity contribution >= 4 is 40.6 Å². The van der Waals surface area contributed by atoms with Crippen molar-refractivity contribution in [2.45, 2.75) is 0 Å². The zero-order valence-electron chi connectivity index (χ0n) is 8.35. The van der Waals surface area contributed by atoms with E-state index in [0.717, 1.165) is 0 Å². The van der Waals surface area contributed by atoms with E-state index in [1.807, 2.05) is 19.0 Å². The summed E-state index contributed by atoms with van der Waals surface area (Å²) in [6.45, 7) is 0.510. The topological polar surface area (TPSA) is 65.0 Å². The Morgan fingerprint density at radius 2 is 2.20 bits per heavy atom. The number of guanidine groups is 1. The van der Waals surface area contributed by atoms with Crippen LogP contribution in [0.5, 0.6) is 0 Å². The molecule has 0 bridgehead atoms. The van der Waals surface area contributed by atoms with Crippen LogP contribution in [-0.2, 0) is 0 Å². The van der Waals surface area contributed by atoms with Crippen LogP contribution >= 0.6 is 11.6 Å². The summed E-state index contributed by atoms with van der Waals surface area (Å²) in [5.74, 6) is 0.814.